The fourth-order valence-corrected chi connectivity index (χ4v) is 4.63. The Bertz CT molecular complexity index is 677. The standard InChI is InChI=1S/C14H21N3O5S.ClH/c1-3-8-16(12-6-7-15-10-12)23(20,21)14-9-11(17(18)19)4-5-13(14)22-2;/h4-5,9,12,15H,3,6-8,10H2,1-2H3;1H. The minimum absolute atomic E-state index is 0. The van der Waals surface area contributed by atoms with Crippen molar-refractivity contribution in [1.29, 1.82) is 0 Å². The Labute approximate surface area is 147 Å². The van der Waals surface area contributed by atoms with Crippen LogP contribution >= 0.6 is 12.4 Å². The zero-order chi connectivity index (χ0) is 17.0. The monoisotopic (exact) mass is 379 g/mol. The van der Waals surface area contributed by atoms with E-state index in [4.69, 9.17) is 4.74 Å². The van der Waals surface area contributed by atoms with Gasteiger partial charge < -0.3 is 10.1 Å². The molecule has 8 nitrogen and oxygen atoms in total. The van der Waals surface area contributed by atoms with Gasteiger partial charge in [-0.25, -0.2) is 8.42 Å². The SMILES string of the molecule is CCCN(C1CCNC1)S(=O)(=O)c1cc([N+](=O)[O-])ccc1OC.Cl. The van der Waals surface area contributed by atoms with E-state index >= 15 is 0 Å². The summed E-state index contributed by atoms with van der Waals surface area (Å²) in [5, 5.41) is 14.1. The molecule has 1 heterocycles. The van der Waals surface area contributed by atoms with Crippen LogP contribution in [-0.4, -0.2) is 50.4 Å². The van der Waals surface area contributed by atoms with Gasteiger partial charge in [0.2, 0.25) is 10.0 Å². The van der Waals surface area contributed by atoms with E-state index < -0.39 is 14.9 Å². The summed E-state index contributed by atoms with van der Waals surface area (Å²) >= 11 is 0. The molecule has 1 fully saturated rings. The van der Waals surface area contributed by atoms with Crippen molar-refractivity contribution in [3.63, 3.8) is 0 Å². The molecule has 1 saturated heterocycles. The topological polar surface area (TPSA) is 102 Å². The van der Waals surface area contributed by atoms with E-state index in [-0.39, 0.29) is 34.8 Å². The van der Waals surface area contributed by atoms with Crippen LogP contribution in [-0.2, 0) is 10.0 Å². The summed E-state index contributed by atoms with van der Waals surface area (Å²) in [5.74, 6) is 0.114. The van der Waals surface area contributed by atoms with Crippen molar-refractivity contribution in [3.05, 3.63) is 28.3 Å². The number of methoxy groups -OCH3 is 1. The zero-order valence-corrected chi connectivity index (χ0v) is 15.2. The second kappa shape index (κ2) is 8.61. The Balaban J connectivity index is 0.00000288. The predicted octanol–water partition coefficient (Wildman–Crippen LogP) is 1.79. The first-order valence-corrected chi connectivity index (χ1v) is 8.90. The number of hydrogen-bond acceptors (Lipinski definition) is 6. The molecule has 1 aliphatic rings. The molecular weight excluding hydrogens is 358 g/mol. The lowest BCUT2D eigenvalue weighted by molar-refractivity contribution is -0.385. The summed E-state index contributed by atoms with van der Waals surface area (Å²) in [6, 6.07) is 3.48. The fraction of sp³-hybridized carbons (Fsp3) is 0.571. The van der Waals surface area contributed by atoms with Crippen LogP contribution in [0.1, 0.15) is 19.8 Å². The Hall–Kier alpha value is -1.42. The van der Waals surface area contributed by atoms with Gasteiger partial charge in [-0.05, 0) is 25.5 Å². The van der Waals surface area contributed by atoms with E-state index in [1.807, 2.05) is 6.92 Å². The van der Waals surface area contributed by atoms with E-state index in [0.717, 1.165) is 19.0 Å². The van der Waals surface area contributed by atoms with Crippen molar-refractivity contribution >= 4 is 28.1 Å². The summed E-state index contributed by atoms with van der Waals surface area (Å²) in [5.41, 5.74) is -0.273. The number of nitro benzene ring substituents is 1. The summed E-state index contributed by atoms with van der Waals surface area (Å²) in [6.07, 6.45) is 1.38. The van der Waals surface area contributed by atoms with Crippen LogP contribution in [0.25, 0.3) is 0 Å². The Morgan fingerprint density at radius 3 is 2.67 bits per heavy atom. The molecule has 0 bridgehead atoms. The summed E-state index contributed by atoms with van der Waals surface area (Å²) in [4.78, 5) is 10.2. The number of sulfonamides is 1. The first-order chi connectivity index (χ1) is 10.9. The third kappa shape index (κ3) is 4.15. The summed E-state index contributed by atoms with van der Waals surface area (Å²) in [7, 11) is -2.53. The Morgan fingerprint density at radius 1 is 1.46 bits per heavy atom. The third-order valence-corrected chi connectivity index (χ3v) is 5.80. The van der Waals surface area contributed by atoms with Gasteiger partial charge in [-0.2, -0.15) is 4.31 Å². The maximum Gasteiger partial charge on any atom is 0.271 e. The molecule has 0 aliphatic carbocycles. The van der Waals surface area contributed by atoms with Crippen molar-refractivity contribution in [1.82, 2.24) is 9.62 Å². The highest BCUT2D eigenvalue weighted by atomic mass is 35.5. The Morgan fingerprint density at radius 2 is 2.17 bits per heavy atom. The number of halogens is 1. The first kappa shape index (κ1) is 20.6. The maximum absolute atomic E-state index is 13.1. The molecular formula is C14H22ClN3O5S. The van der Waals surface area contributed by atoms with Gasteiger partial charge >= 0.3 is 0 Å². The van der Waals surface area contributed by atoms with Crippen LogP contribution in [0, 0.1) is 10.1 Å². The normalized spacial score (nSPS) is 17.5. The van der Waals surface area contributed by atoms with E-state index in [9.17, 15) is 18.5 Å². The highest BCUT2D eigenvalue weighted by Crippen LogP contribution is 2.32. The van der Waals surface area contributed by atoms with E-state index in [1.54, 1.807) is 0 Å². The van der Waals surface area contributed by atoms with Gasteiger partial charge in [0.1, 0.15) is 10.6 Å². The van der Waals surface area contributed by atoms with Crippen molar-refractivity contribution in [3.8, 4) is 5.75 Å². The third-order valence-electron chi connectivity index (χ3n) is 3.83. The smallest absolute Gasteiger partial charge is 0.271 e. The van der Waals surface area contributed by atoms with Crippen molar-refractivity contribution in [2.75, 3.05) is 26.7 Å². The predicted molar refractivity (Wildman–Crippen MR) is 92.4 cm³/mol. The van der Waals surface area contributed by atoms with Gasteiger partial charge in [0.05, 0.1) is 12.0 Å². The van der Waals surface area contributed by atoms with E-state index in [0.29, 0.717) is 19.5 Å². The molecule has 1 unspecified atom stereocenters. The molecule has 0 spiro atoms. The number of nitro groups is 1. The Kier molecular flexibility index (Phi) is 7.40. The van der Waals surface area contributed by atoms with Gasteiger partial charge in [0.15, 0.2) is 0 Å². The molecule has 1 aromatic rings. The van der Waals surface area contributed by atoms with Gasteiger partial charge in [-0.3, -0.25) is 10.1 Å². The number of nitrogens with one attached hydrogen (secondary N) is 1. The first-order valence-electron chi connectivity index (χ1n) is 7.46. The lowest BCUT2D eigenvalue weighted by Crippen LogP contribution is -2.42. The fourth-order valence-electron chi connectivity index (χ4n) is 2.71. The molecule has 10 heteroatoms. The highest BCUT2D eigenvalue weighted by molar-refractivity contribution is 7.89. The molecule has 24 heavy (non-hydrogen) atoms. The highest BCUT2D eigenvalue weighted by Gasteiger charge is 2.35. The summed E-state index contributed by atoms with van der Waals surface area (Å²) in [6.45, 7) is 3.60. The number of rotatable bonds is 7. The molecule has 0 amide bonds. The average Bonchev–Trinajstić information content (AvgIpc) is 3.05. The van der Waals surface area contributed by atoms with Crippen molar-refractivity contribution in [2.45, 2.75) is 30.7 Å². The van der Waals surface area contributed by atoms with Gasteiger partial charge in [-0.1, -0.05) is 6.92 Å². The van der Waals surface area contributed by atoms with Crippen LogP contribution in [0.2, 0.25) is 0 Å². The molecule has 0 radical (unpaired) electrons. The van der Waals surface area contributed by atoms with Crippen LogP contribution in [0.3, 0.4) is 0 Å². The quantitative estimate of drug-likeness (QED) is 0.572. The largest absolute Gasteiger partial charge is 0.495 e. The maximum atomic E-state index is 13.1. The van der Waals surface area contributed by atoms with Crippen molar-refractivity contribution < 1.29 is 18.1 Å². The number of ether oxygens (including phenoxy) is 1. The molecule has 1 aromatic carbocycles. The van der Waals surface area contributed by atoms with E-state index in [1.165, 1.54) is 23.5 Å². The van der Waals surface area contributed by atoms with Crippen LogP contribution < -0.4 is 10.1 Å². The second-order valence-corrected chi connectivity index (χ2v) is 7.21. The number of nitrogens with zero attached hydrogens (tertiary/aromatic N) is 2. The molecule has 2 rings (SSSR count). The zero-order valence-electron chi connectivity index (χ0n) is 13.6. The molecule has 1 atom stereocenters. The lowest BCUT2D eigenvalue weighted by atomic mass is 10.2. The van der Waals surface area contributed by atoms with Crippen LogP contribution in [0.15, 0.2) is 23.1 Å². The van der Waals surface area contributed by atoms with Gasteiger partial charge in [0, 0.05) is 31.3 Å². The van der Waals surface area contributed by atoms with Crippen LogP contribution in [0.4, 0.5) is 5.69 Å². The van der Waals surface area contributed by atoms with E-state index in [2.05, 4.69) is 5.32 Å². The summed E-state index contributed by atoms with van der Waals surface area (Å²) < 4.78 is 32.7. The molecule has 1 N–H and O–H groups in total. The van der Waals surface area contributed by atoms with Gasteiger partial charge in [0.25, 0.3) is 5.69 Å². The minimum atomic E-state index is -3.88. The molecule has 136 valence electrons. The number of hydrogen-bond donors (Lipinski definition) is 1. The molecule has 0 aromatic heterocycles. The average molecular weight is 380 g/mol. The van der Waals surface area contributed by atoms with Crippen LogP contribution in [0.5, 0.6) is 5.75 Å². The second-order valence-electron chi connectivity index (χ2n) is 5.35. The van der Waals surface area contributed by atoms with Crippen molar-refractivity contribution in [2.24, 2.45) is 0 Å². The van der Waals surface area contributed by atoms with Gasteiger partial charge in [-0.15, -0.1) is 12.4 Å². The molecule has 1 aliphatic heterocycles. The number of benzene rings is 1. The lowest BCUT2D eigenvalue weighted by Gasteiger charge is -2.27. The number of non-ortho nitro benzene ring substituents is 1. The minimum Gasteiger partial charge on any atom is -0.495 e. The molecule has 0 saturated carbocycles.